The summed E-state index contributed by atoms with van der Waals surface area (Å²) in [5, 5.41) is 3.24. The van der Waals surface area contributed by atoms with E-state index in [1.54, 1.807) is 12.4 Å². The Hall–Kier alpha value is -1.75. The Morgan fingerprint density at radius 2 is 2.16 bits per heavy atom. The second-order valence-electron chi connectivity index (χ2n) is 4.38. The average Bonchev–Trinajstić information content (AvgIpc) is 2.82. The molecule has 5 heteroatoms. The number of rotatable bonds is 6. The lowest BCUT2D eigenvalue weighted by Gasteiger charge is -2.09. The average molecular weight is 265 g/mol. The van der Waals surface area contributed by atoms with E-state index in [0.717, 1.165) is 30.9 Å². The summed E-state index contributed by atoms with van der Waals surface area (Å²) >= 11 is 0. The van der Waals surface area contributed by atoms with Crippen LogP contribution in [0.1, 0.15) is 24.7 Å². The van der Waals surface area contributed by atoms with Gasteiger partial charge in [-0.15, -0.1) is 0 Å². The van der Waals surface area contributed by atoms with Crippen LogP contribution in [0.4, 0.5) is 8.78 Å². The fourth-order valence-electron chi connectivity index (χ4n) is 1.88. The van der Waals surface area contributed by atoms with Crippen LogP contribution in [0, 0.1) is 11.6 Å². The van der Waals surface area contributed by atoms with Crippen LogP contribution in [0.25, 0.3) is 0 Å². The first kappa shape index (κ1) is 13.7. The molecule has 1 heterocycles. The Bertz CT molecular complexity index is 537. The van der Waals surface area contributed by atoms with Crippen molar-refractivity contribution < 1.29 is 8.78 Å². The van der Waals surface area contributed by atoms with E-state index in [9.17, 15) is 8.78 Å². The van der Waals surface area contributed by atoms with Crippen molar-refractivity contribution in [2.45, 2.75) is 26.4 Å². The molecule has 2 aromatic rings. The van der Waals surface area contributed by atoms with Gasteiger partial charge in [0.25, 0.3) is 0 Å². The minimum absolute atomic E-state index is 0.284. The number of hydrogen-bond donors (Lipinski definition) is 1. The SMILES string of the molecule is CCCNCc1nccn1Cc1cc(F)ccc1F. The van der Waals surface area contributed by atoms with Gasteiger partial charge in [0.2, 0.25) is 0 Å². The van der Waals surface area contributed by atoms with Gasteiger partial charge in [0.05, 0.1) is 13.1 Å². The van der Waals surface area contributed by atoms with Gasteiger partial charge in [-0.25, -0.2) is 13.8 Å². The zero-order chi connectivity index (χ0) is 13.7. The zero-order valence-electron chi connectivity index (χ0n) is 10.9. The number of hydrogen-bond acceptors (Lipinski definition) is 2. The van der Waals surface area contributed by atoms with Crippen molar-refractivity contribution in [1.82, 2.24) is 14.9 Å². The molecule has 0 aliphatic carbocycles. The van der Waals surface area contributed by atoms with Gasteiger partial charge >= 0.3 is 0 Å². The molecule has 1 aromatic heterocycles. The van der Waals surface area contributed by atoms with E-state index in [0.29, 0.717) is 12.1 Å². The van der Waals surface area contributed by atoms with Crippen LogP contribution < -0.4 is 5.32 Å². The summed E-state index contributed by atoms with van der Waals surface area (Å²) in [5.41, 5.74) is 0.328. The quantitative estimate of drug-likeness (QED) is 0.814. The van der Waals surface area contributed by atoms with Crippen LogP contribution in [0.2, 0.25) is 0 Å². The van der Waals surface area contributed by atoms with Crippen molar-refractivity contribution in [3.05, 3.63) is 53.6 Å². The van der Waals surface area contributed by atoms with Crippen LogP contribution in [-0.4, -0.2) is 16.1 Å². The van der Waals surface area contributed by atoms with E-state index in [1.165, 1.54) is 6.07 Å². The van der Waals surface area contributed by atoms with Crippen LogP contribution in [0.3, 0.4) is 0 Å². The van der Waals surface area contributed by atoms with Gasteiger partial charge in [0.15, 0.2) is 0 Å². The standard InChI is InChI=1S/C14H17F2N3/c1-2-5-17-9-14-18-6-7-19(14)10-11-8-12(15)3-4-13(11)16/h3-4,6-8,17H,2,5,9-10H2,1H3. The molecule has 0 unspecified atom stereocenters. The van der Waals surface area contributed by atoms with Crippen LogP contribution >= 0.6 is 0 Å². The van der Waals surface area contributed by atoms with Crippen molar-refractivity contribution in [3.8, 4) is 0 Å². The maximum absolute atomic E-state index is 13.6. The lowest BCUT2D eigenvalue weighted by molar-refractivity contribution is 0.566. The molecule has 3 nitrogen and oxygen atoms in total. The van der Waals surface area contributed by atoms with Crippen LogP contribution in [-0.2, 0) is 13.1 Å². The van der Waals surface area contributed by atoms with Crippen LogP contribution in [0.5, 0.6) is 0 Å². The van der Waals surface area contributed by atoms with Crippen molar-refractivity contribution in [3.63, 3.8) is 0 Å². The topological polar surface area (TPSA) is 29.9 Å². The molecule has 0 radical (unpaired) electrons. The fraction of sp³-hybridized carbons (Fsp3) is 0.357. The highest BCUT2D eigenvalue weighted by Crippen LogP contribution is 2.12. The third-order valence-corrected chi connectivity index (χ3v) is 2.86. The number of nitrogens with one attached hydrogen (secondary N) is 1. The molecule has 1 N–H and O–H groups in total. The lowest BCUT2D eigenvalue weighted by Crippen LogP contribution is -2.18. The summed E-state index contributed by atoms with van der Waals surface area (Å²) in [6.07, 6.45) is 4.48. The maximum Gasteiger partial charge on any atom is 0.128 e. The van der Waals surface area contributed by atoms with Gasteiger partial charge in [-0.2, -0.15) is 0 Å². The molecule has 0 bridgehead atoms. The smallest absolute Gasteiger partial charge is 0.128 e. The largest absolute Gasteiger partial charge is 0.329 e. The second kappa shape index (κ2) is 6.43. The highest BCUT2D eigenvalue weighted by atomic mass is 19.1. The molecule has 0 fully saturated rings. The molecule has 0 saturated carbocycles. The van der Waals surface area contributed by atoms with Crippen molar-refractivity contribution in [1.29, 1.82) is 0 Å². The molecule has 0 aliphatic rings. The maximum atomic E-state index is 13.6. The number of benzene rings is 1. The predicted molar refractivity (Wildman–Crippen MR) is 69.7 cm³/mol. The van der Waals surface area contributed by atoms with E-state index in [-0.39, 0.29) is 6.54 Å². The molecular formula is C14H17F2N3. The van der Waals surface area contributed by atoms with Gasteiger partial charge in [-0.3, -0.25) is 0 Å². The molecule has 1 aromatic carbocycles. The van der Waals surface area contributed by atoms with E-state index in [1.807, 2.05) is 4.57 Å². The van der Waals surface area contributed by atoms with Gasteiger partial charge in [0, 0.05) is 18.0 Å². The molecule has 2 rings (SSSR count). The highest BCUT2D eigenvalue weighted by Gasteiger charge is 2.08. The third kappa shape index (κ3) is 3.61. The molecule has 102 valence electrons. The normalized spacial score (nSPS) is 10.9. The van der Waals surface area contributed by atoms with E-state index in [2.05, 4.69) is 17.2 Å². The third-order valence-electron chi connectivity index (χ3n) is 2.86. The fourth-order valence-corrected chi connectivity index (χ4v) is 1.88. The Kier molecular flexibility index (Phi) is 4.63. The first-order valence-corrected chi connectivity index (χ1v) is 6.35. The van der Waals surface area contributed by atoms with Gasteiger partial charge < -0.3 is 9.88 Å². The Morgan fingerprint density at radius 1 is 1.32 bits per heavy atom. The summed E-state index contributed by atoms with van der Waals surface area (Å²) in [7, 11) is 0. The first-order valence-electron chi connectivity index (χ1n) is 6.35. The summed E-state index contributed by atoms with van der Waals surface area (Å²) < 4.78 is 28.5. The monoisotopic (exact) mass is 265 g/mol. The summed E-state index contributed by atoms with van der Waals surface area (Å²) in [5.74, 6) is -0.0122. The van der Waals surface area contributed by atoms with E-state index < -0.39 is 11.6 Å². The van der Waals surface area contributed by atoms with Crippen LogP contribution in [0.15, 0.2) is 30.6 Å². The van der Waals surface area contributed by atoms with E-state index >= 15 is 0 Å². The molecule has 0 spiro atoms. The molecule has 0 atom stereocenters. The van der Waals surface area contributed by atoms with Crippen molar-refractivity contribution >= 4 is 0 Å². The summed E-state index contributed by atoms with van der Waals surface area (Å²) in [4.78, 5) is 4.22. The zero-order valence-corrected chi connectivity index (χ0v) is 10.9. The molecule has 19 heavy (non-hydrogen) atoms. The van der Waals surface area contributed by atoms with Crippen molar-refractivity contribution in [2.75, 3.05) is 6.54 Å². The molecular weight excluding hydrogens is 248 g/mol. The molecule has 0 saturated heterocycles. The Balaban J connectivity index is 2.10. The minimum atomic E-state index is -0.429. The number of halogens is 2. The summed E-state index contributed by atoms with van der Waals surface area (Å²) in [6.45, 7) is 3.90. The Labute approximate surface area is 111 Å². The minimum Gasteiger partial charge on any atom is -0.329 e. The van der Waals surface area contributed by atoms with E-state index in [4.69, 9.17) is 0 Å². The van der Waals surface area contributed by atoms with Crippen molar-refractivity contribution in [2.24, 2.45) is 0 Å². The summed E-state index contributed by atoms with van der Waals surface area (Å²) in [6, 6.07) is 3.49. The highest BCUT2D eigenvalue weighted by molar-refractivity contribution is 5.19. The molecule has 0 aliphatic heterocycles. The Morgan fingerprint density at radius 3 is 2.95 bits per heavy atom. The van der Waals surface area contributed by atoms with Gasteiger partial charge in [0.1, 0.15) is 17.5 Å². The van der Waals surface area contributed by atoms with Gasteiger partial charge in [-0.05, 0) is 31.2 Å². The first-order chi connectivity index (χ1) is 9.20. The predicted octanol–water partition coefficient (Wildman–Crippen LogP) is 2.71. The number of aromatic nitrogens is 2. The second-order valence-corrected chi connectivity index (χ2v) is 4.38. The lowest BCUT2D eigenvalue weighted by atomic mass is 10.2. The van der Waals surface area contributed by atoms with Gasteiger partial charge in [-0.1, -0.05) is 6.92 Å². The number of imidazole rings is 1. The molecule has 0 amide bonds. The number of nitrogens with zero attached hydrogens (tertiary/aromatic N) is 2.